The molecule has 3 fully saturated rings. The van der Waals surface area contributed by atoms with Crippen LogP contribution in [0.1, 0.15) is 0 Å². The first-order valence-electron chi connectivity index (χ1n) is 2.17. The van der Waals surface area contributed by atoms with Crippen molar-refractivity contribution in [1.82, 2.24) is 4.90 Å². The van der Waals surface area contributed by atoms with Gasteiger partial charge < -0.3 is 4.90 Å². The summed E-state index contributed by atoms with van der Waals surface area (Å²) >= 11 is 0. The molecule has 3 aliphatic heterocycles. The minimum absolute atomic E-state index is 1.13. The average molecular weight is 69.1 g/mol. The molecule has 0 aromatic heterocycles. The summed E-state index contributed by atoms with van der Waals surface area (Å²) in [4.78, 5) is 2.45. The summed E-state index contributed by atoms with van der Waals surface area (Å²) in [6, 6.07) is 0. The summed E-state index contributed by atoms with van der Waals surface area (Å²) in [5.41, 5.74) is 0. The van der Waals surface area contributed by atoms with Gasteiger partial charge in [0, 0.05) is 19.6 Å². The highest BCUT2D eigenvalue weighted by Gasteiger charge is 2.38. The SMILES string of the molecule is C1C2CN1C2. The van der Waals surface area contributed by atoms with Crippen LogP contribution in [0.4, 0.5) is 0 Å². The van der Waals surface area contributed by atoms with Gasteiger partial charge in [-0.3, -0.25) is 0 Å². The third-order valence-corrected chi connectivity index (χ3v) is 1.55. The minimum atomic E-state index is 1.13. The molecular weight excluding hydrogens is 62.1 g/mol. The Kier molecular flexibility index (Phi) is 0.189. The standard InChI is InChI=1S/C4H7N/c1-4-2-5(1)3-4/h4H,1-3H2. The van der Waals surface area contributed by atoms with E-state index in [-0.39, 0.29) is 0 Å². The molecule has 0 aromatic rings. The van der Waals surface area contributed by atoms with E-state index >= 15 is 0 Å². The molecule has 0 N–H and O–H groups in total. The molecule has 28 valence electrons. The molecule has 0 atom stereocenters. The van der Waals surface area contributed by atoms with Gasteiger partial charge >= 0.3 is 0 Å². The predicted molar refractivity (Wildman–Crippen MR) is 19.9 cm³/mol. The third-order valence-electron chi connectivity index (χ3n) is 1.55. The van der Waals surface area contributed by atoms with Crippen LogP contribution >= 0.6 is 0 Å². The molecule has 0 saturated carbocycles. The van der Waals surface area contributed by atoms with E-state index in [1.807, 2.05) is 0 Å². The second kappa shape index (κ2) is 0.432. The monoisotopic (exact) mass is 69.1 g/mol. The normalized spacial score (nSPS) is 57.6. The lowest BCUT2D eigenvalue weighted by Crippen LogP contribution is -2.63. The van der Waals surface area contributed by atoms with E-state index in [1.165, 1.54) is 19.6 Å². The van der Waals surface area contributed by atoms with E-state index in [0.29, 0.717) is 0 Å². The summed E-state index contributed by atoms with van der Waals surface area (Å²) in [6.07, 6.45) is 0. The van der Waals surface area contributed by atoms with E-state index in [2.05, 4.69) is 4.90 Å². The van der Waals surface area contributed by atoms with Gasteiger partial charge in [0.05, 0.1) is 0 Å². The highest BCUT2D eigenvalue weighted by molar-refractivity contribution is 4.93. The van der Waals surface area contributed by atoms with Crippen LogP contribution in [0.15, 0.2) is 0 Å². The van der Waals surface area contributed by atoms with E-state index < -0.39 is 0 Å². The van der Waals surface area contributed by atoms with Crippen molar-refractivity contribution >= 4 is 0 Å². The average Bonchev–Trinajstić information content (AvgIpc) is 0.592. The molecule has 3 saturated heterocycles. The quantitative estimate of drug-likeness (QED) is 0.385. The Bertz CT molecular complexity index is 40.4. The molecule has 1 nitrogen and oxygen atoms in total. The largest absolute Gasteiger partial charge is 0.302 e. The van der Waals surface area contributed by atoms with Crippen molar-refractivity contribution in [3.8, 4) is 0 Å². The molecule has 3 rings (SSSR count). The van der Waals surface area contributed by atoms with Crippen molar-refractivity contribution in [2.24, 2.45) is 5.92 Å². The molecule has 0 radical (unpaired) electrons. The molecule has 3 aliphatic rings. The minimum Gasteiger partial charge on any atom is -0.302 e. The Balaban J connectivity index is 2.19. The van der Waals surface area contributed by atoms with Gasteiger partial charge in [-0.05, 0) is 5.92 Å². The fourth-order valence-electron chi connectivity index (χ4n) is 0.935. The summed E-state index contributed by atoms with van der Waals surface area (Å²) in [5, 5.41) is 0. The fraction of sp³-hybridized carbons (Fsp3) is 1.00. The molecular formula is C4H7N. The Morgan fingerprint density at radius 2 is 1.40 bits per heavy atom. The van der Waals surface area contributed by atoms with Crippen molar-refractivity contribution in [3.63, 3.8) is 0 Å². The Hall–Kier alpha value is -0.0400. The number of rotatable bonds is 0. The van der Waals surface area contributed by atoms with Gasteiger partial charge in [0.1, 0.15) is 0 Å². The molecule has 3 heterocycles. The van der Waals surface area contributed by atoms with E-state index in [9.17, 15) is 0 Å². The van der Waals surface area contributed by atoms with Crippen LogP contribution in [-0.4, -0.2) is 24.5 Å². The third kappa shape index (κ3) is 0.106. The first-order chi connectivity index (χ1) is 2.45. The molecule has 0 spiro atoms. The number of hydrogen-bond acceptors (Lipinski definition) is 1. The molecule has 0 unspecified atom stereocenters. The zero-order valence-electron chi connectivity index (χ0n) is 3.15. The van der Waals surface area contributed by atoms with Crippen molar-refractivity contribution < 1.29 is 0 Å². The fourth-order valence-corrected chi connectivity index (χ4v) is 0.935. The lowest BCUT2D eigenvalue weighted by atomic mass is 9.88. The van der Waals surface area contributed by atoms with Crippen LogP contribution in [0.3, 0.4) is 0 Å². The van der Waals surface area contributed by atoms with E-state index in [0.717, 1.165) is 5.92 Å². The molecule has 0 aliphatic carbocycles. The Labute approximate surface area is 31.6 Å². The summed E-state index contributed by atoms with van der Waals surface area (Å²) in [7, 11) is 0. The van der Waals surface area contributed by atoms with Gasteiger partial charge in [0.2, 0.25) is 0 Å². The summed E-state index contributed by atoms with van der Waals surface area (Å²) in [6.45, 7) is 4.25. The van der Waals surface area contributed by atoms with Gasteiger partial charge in [-0.1, -0.05) is 0 Å². The number of hydrogen-bond donors (Lipinski definition) is 0. The van der Waals surface area contributed by atoms with Gasteiger partial charge in [-0.15, -0.1) is 0 Å². The molecule has 1 heteroatoms. The van der Waals surface area contributed by atoms with Crippen LogP contribution in [0.2, 0.25) is 0 Å². The highest BCUT2D eigenvalue weighted by atomic mass is 15.3. The predicted octanol–water partition coefficient (Wildman–Crippen LogP) is -0.0682. The van der Waals surface area contributed by atoms with Crippen LogP contribution in [-0.2, 0) is 0 Å². The Morgan fingerprint density at radius 3 is 1.40 bits per heavy atom. The van der Waals surface area contributed by atoms with Gasteiger partial charge in [0.15, 0.2) is 0 Å². The van der Waals surface area contributed by atoms with Crippen molar-refractivity contribution in [3.05, 3.63) is 0 Å². The maximum Gasteiger partial charge on any atom is 0.00344 e. The van der Waals surface area contributed by atoms with Crippen LogP contribution in [0.5, 0.6) is 0 Å². The second-order valence-electron chi connectivity index (χ2n) is 2.08. The summed E-state index contributed by atoms with van der Waals surface area (Å²) in [5.74, 6) is 1.13. The highest BCUT2D eigenvalue weighted by Crippen LogP contribution is 2.27. The topological polar surface area (TPSA) is 3.24 Å². The molecule has 2 bridgehead atoms. The van der Waals surface area contributed by atoms with Crippen LogP contribution in [0, 0.1) is 5.92 Å². The lowest BCUT2D eigenvalue weighted by molar-refractivity contribution is -0.0457. The molecule has 0 amide bonds. The lowest BCUT2D eigenvalue weighted by Gasteiger charge is -2.53. The van der Waals surface area contributed by atoms with Crippen molar-refractivity contribution in [1.29, 1.82) is 0 Å². The first kappa shape index (κ1) is 2.19. The maximum atomic E-state index is 2.45. The first-order valence-corrected chi connectivity index (χ1v) is 2.17. The number of nitrogens with zero attached hydrogens (tertiary/aromatic N) is 1. The second-order valence-corrected chi connectivity index (χ2v) is 2.08. The zero-order chi connectivity index (χ0) is 3.28. The summed E-state index contributed by atoms with van der Waals surface area (Å²) < 4.78 is 0. The van der Waals surface area contributed by atoms with Crippen LogP contribution < -0.4 is 0 Å². The van der Waals surface area contributed by atoms with Gasteiger partial charge in [-0.2, -0.15) is 0 Å². The van der Waals surface area contributed by atoms with Crippen molar-refractivity contribution in [2.75, 3.05) is 19.6 Å². The van der Waals surface area contributed by atoms with Crippen LogP contribution in [0.25, 0.3) is 0 Å². The maximum absolute atomic E-state index is 2.45. The van der Waals surface area contributed by atoms with Crippen molar-refractivity contribution in [2.45, 2.75) is 0 Å². The molecule has 0 aromatic carbocycles. The van der Waals surface area contributed by atoms with E-state index in [4.69, 9.17) is 0 Å². The van der Waals surface area contributed by atoms with Gasteiger partial charge in [0.25, 0.3) is 0 Å². The smallest absolute Gasteiger partial charge is 0.00344 e. The van der Waals surface area contributed by atoms with E-state index in [1.54, 1.807) is 0 Å². The Morgan fingerprint density at radius 1 is 1.20 bits per heavy atom. The van der Waals surface area contributed by atoms with Gasteiger partial charge in [-0.25, -0.2) is 0 Å². The zero-order valence-corrected chi connectivity index (χ0v) is 3.15. The molecule has 5 heavy (non-hydrogen) atoms.